The van der Waals surface area contributed by atoms with E-state index < -0.39 is 0 Å². The number of rotatable bonds is 9. The summed E-state index contributed by atoms with van der Waals surface area (Å²) < 4.78 is 16.0. The first-order chi connectivity index (χ1) is 9.33. The minimum Gasteiger partial charge on any atom is -0.491 e. The monoisotopic (exact) mass is 269 g/mol. The summed E-state index contributed by atoms with van der Waals surface area (Å²) in [6.07, 6.45) is 0. The molecule has 1 rings (SSSR count). The molecule has 1 aromatic carbocycles. The second kappa shape index (κ2) is 13.3. The summed E-state index contributed by atoms with van der Waals surface area (Å²) in [5.41, 5.74) is 6.51. The molecule has 0 heterocycles. The first-order valence-corrected chi connectivity index (χ1v) is 6.88. The minimum atomic E-state index is 0.552. The van der Waals surface area contributed by atoms with Crippen LogP contribution in [0.15, 0.2) is 24.3 Å². The zero-order chi connectivity index (χ0) is 14.3. The van der Waals surface area contributed by atoms with Crippen molar-refractivity contribution in [3.05, 3.63) is 29.8 Å². The van der Waals surface area contributed by atoms with Crippen molar-refractivity contribution < 1.29 is 14.2 Å². The van der Waals surface area contributed by atoms with Crippen LogP contribution in [0.2, 0.25) is 0 Å². The van der Waals surface area contributed by atoms with Crippen LogP contribution in [0.3, 0.4) is 0 Å². The average Bonchev–Trinajstić information content (AvgIpc) is 2.46. The fourth-order valence-electron chi connectivity index (χ4n) is 1.26. The highest BCUT2D eigenvalue weighted by atomic mass is 16.5. The molecule has 0 aliphatic carbocycles. The van der Waals surface area contributed by atoms with E-state index in [0.29, 0.717) is 39.6 Å². The molecule has 2 N–H and O–H groups in total. The smallest absolute Gasteiger partial charge is 0.119 e. The van der Waals surface area contributed by atoms with Gasteiger partial charge in [-0.2, -0.15) is 0 Å². The van der Waals surface area contributed by atoms with E-state index in [2.05, 4.69) is 0 Å². The first-order valence-electron chi connectivity index (χ1n) is 6.88. The summed E-state index contributed by atoms with van der Waals surface area (Å²) in [6.45, 7) is 9.48. The standard InChI is InChI=1S/C13H21NO3.C2H6/c1-12-2-4-13(5-3-12)17-11-10-16-9-8-15-7-6-14;1-2/h2-5H,6-11,14H2,1H3;1-2H3. The quantitative estimate of drug-likeness (QED) is 0.699. The maximum Gasteiger partial charge on any atom is 0.119 e. The van der Waals surface area contributed by atoms with Gasteiger partial charge < -0.3 is 19.9 Å². The second-order valence-corrected chi connectivity index (χ2v) is 3.67. The Morgan fingerprint density at radius 2 is 1.37 bits per heavy atom. The first kappa shape index (κ1) is 17.9. The average molecular weight is 269 g/mol. The molecule has 4 heteroatoms. The normalized spacial score (nSPS) is 9.68. The summed E-state index contributed by atoms with van der Waals surface area (Å²) in [6, 6.07) is 7.97. The van der Waals surface area contributed by atoms with Crippen LogP contribution in [0.4, 0.5) is 0 Å². The molecule has 0 saturated carbocycles. The molecular formula is C15H27NO3. The van der Waals surface area contributed by atoms with E-state index in [1.165, 1.54) is 5.56 Å². The largest absolute Gasteiger partial charge is 0.491 e. The summed E-state index contributed by atoms with van der Waals surface area (Å²) in [5.74, 6) is 0.874. The third-order valence-corrected chi connectivity index (χ3v) is 2.15. The summed E-state index contributed by atoms with van der Waals surface area (Å²) in [5, 5.41) is 0. The van der Waals surface area contributed by atoms with Gasteiger partial charge in [0.25, 0.3) is 0 Å². The van der Waals surface area contributed by atoms with Crippen molar-refractivity contribution in [3.63, 3.8) is 0 Å². The molecular weight excluding hydrogens is 242 g/mol. The van der Waals surface area contributed by atoms with Gasteiger partial charge in [-0.05, 0) is 19.1 Å². The molecule has 0 radical (unpaired) electrons. The van der Waals surface area contributed by atoms with Gasteiger partial charge >= 0.3 is 0 Å². The Morgan fingerprint density at radius 1 is 0.842 bits per heavy atom. The lowest BCUT2D eigenvalue weighted by Crippen LogP contribution is -2.14. The Balaban J connectivity index is 0.00000154. The van der Waals surface area contributed by atoms with Crippen LogP contribution in [0.25, 0.3) is 0 Å². The number of ether oxygens (including phenoxy) is 3. The fourth-order valence-corrected chi connectivity index (χ4v) is 1.26. The molecule has 0 fully saturated rings. The molecule has 1 aromatic rings. The predicted molar refractivity (Wildman–Crippen MR) is 78.7 cm³/mol. The van der Waals surface area contributed by atoms with E-state index >= 15 is 0 Å². The molecule has 0 amide bonds. The lowest BCUT2D eigenvalue weighted by molar-refractivity contribution is 0.0388. The Labute approximate surface area is 116 Å². The van der Waals surface area contributed by atoms with Gasteiger partial charge in [0, 0.05) is 6.54 Å². The van der Waals surface area contributed by atoms with E-state index in [9.17, 15) is 0 Å². The second-order valence-electron chi connectivity index (χ2n) is 3.67. The van der Waals surface area contributed by atoms with Gasteiger partial charge in [0.15, 0.2) is 0 Å². The van der Waals surface area contributed by atoms with Gasteiger partial charge in [0.2, 0.25) is 0 Å². The molecule has 0 unspecified atom stereocenters. The highest BCUT2D eigenvalue weighted by molar-refractivity contribution is 5.26. The molecule has 0 atom stereocenters. The maximum absolute atomic E-state index is 5.50. The van der Waals surface area contributed by atoms with Crippen molar-refractivity contribution in [1.82, 2.24) is 0 Å². The van der Waals surface area contributed by atoms with Crippen molar-refractivity contribution in [1.29, 1.82) is 0 Å². The molecule has 0 saturated heterocycles. The van der Waals surface area contributed by atoms with Crippen LogP contribution in [0.5, 0.6) is 5.75 Å². The molecule has 110 valence electrons. The lowest BCUT2D eigenvalue weighted by atomic mass is 10.2. The molecule has 0 bridgehead atoms. The Morgan fingerprint density at radius 3 is 1.95 bits per heavy atom. The molecule has 0 aromatic heterocycles. The summed E-state index contributed by atoms with van der Waals surface area (Å²) >= 11 is 0. The Hall–Kier alpha value is -1.10. The van der Waals surface area contributed by atoms with Crippen LogP contribution < -0.4 is 10.5 Å². The SMILES string of the molecule is CC.Cc1ccc(OCCOCCOCCN)cc1. The van der Waals surface area contributed by atoms with Crippen LogP contribution in [0, 0.1) is 6.92 Å². The van der Waals surface area contributed by atoms with Crippen molar-refractivity contribution >= 4 is 0 Å². The van der Waals surface area contributed by atoms with E-state index in [1.54, 1.807) is 0 Å². The highest BCUT2D eigenvalue weighted by Gasteiger charge is 1.93. The zero-order valence-electron chi connectivity index (χ0n) is 12.4. The summed E-state index contributed by atoms with van der Waals surface area (Å²) in [4.78, 5) is 0. The number of aryl methyl sites for hydroxylation is 1. The van der Waals surface area contributed by atoms with Gasteiger partial charge in [-0.15, -0.1) is 0 Å². The van der Waals surface area contributed by atoms with Gasteiger partial charge in [-0.25, -0.2) is 0 Å². The third kappa shape index (κ3) is 10.5. The van der Waals surface area contributed by atoms with Crippen molar-refractivity contribution in [2.75, 3.05) is 39.6 Å². The maximum atomic E-state index is 5.50. The number of benzene rings is 1. The molecule has 0 spiro atoms. The molecule has 4 nitrogen and oxygen atoms in total. The molecule has 0 aliphatic rings. The third-order valence-electron chi connectivity index (χ3n) is 2.15. The van der Waals surface area contributed by atoms with E-state index in [-0.39, 0.29) is 0 Å². The number of hydrogen-bond donors (Lipinski definition) is 1. The van der Waals surface area contributed by atoms with Gasteiger partial charge in [-0.3, -0.25) is 0 Å². The topological polar surface area (TPSA) is 53.7 Å². The van der Waals surface area contributed by atoms with E-state index in [0.717, 1.165) is 5.75 Å². The fraction of sp³-hybridized carbons (Fsp3) is 0.600. The highest BCUT2D eigenvalue weighted by Crippen LogP contribution is 2.10. The Bertz CT molecular complexity index is 288. The van der Waals surface area contributed by atoms with Crippen LogP contribution >= 0.6 is 0 Å². The van der Waals surface area contributed by atoms with E-state index in [1.807, 2.05) is 45.0 Å². The van der Waals surface area contributed by atoms with Crippen LogP contribution in [-0.4, -0.2) is 39.6 Å². The van der Waals surface area contributed by atoms with E-state index in [4.69, 9.17) is 19.9 Å². The van der Waals surface area contributed by atoms with Crippen molar-refractivity contribution in [3.8, 4) is 5.75 Å². The van der Waals surface area contributed by atoms with Crippen molar-refractivity contribution in [2.45, 2.75) is 20.8 Å². The molecule has 19 heavy (non-hydrogen) atoms. The lowest BCUT2D eigenvalue weighted by Gasteiger charge is -2.07. The summed E-state index contributed by atoms with van der Waals surface area (Å²) in [7, 11) is 0. The van der Waals surface area contributed by atoms with Crippen LogP contribution in [-0.2, 0) is 9.47 Å². The number of nitrogens with two attached hydrogens (primary N) is 1. The Kier molecular flexibility index (Phi) is 12.6. The number of hydrogen-bond acceptors (Lipinski definition) is 4. The van der Waals surface area contributed by atoms with Gasteiger partial charge in [0.05, 0.1) is 26.4 Å². The molecule has 0 aliphatic heterocycles. The zero-order valence-corrected chi connectivity index (χ0v) is 12.4. The van der Waals surface area contributed by atoms with Crippen molar-refractivity contribution in [2.24, 2.45) is 5.73 Å². The van der Waals surface area contributed by atoms with Crippen LogP contribution in [0.1, 0.15) is 19.4 Å². The minimum absolute atomic E-state index is 0.552. The van der Waals surface area contributed by atoms with Gasteiger partial charge in [0.1, 0.15) is 12.4 Å². The predicted octanol–water partition coefficient (Wildman–Crippen LogP) is 2.39. The van der Waals surface area contributed by atoms with Gasteiger partial charge in [-0.1, -0.05) is 31.5 Å².